The van der Waals surface area contributed by atoms with Crippen LogP contribution in [0.25, 0.3) is 0 Å². The SMILES string of the molecule is CCC(C)CCCCCCC1CC(=O)NC(CCC(N)=O)C(=O)NC(CC(C)C)C(=O)NC(CC(C)C)C(=O)NC(C(C)C)C(=O)NC(CC(=O)O)C(=O)NC(CC(C)C)C(=O)NC(C(C)CC)C(=O)O1. The number of ether oxygens (including phenoxy) is 1. The van der Waals surface area contributed by atoms with Crippen LogP contribution < -0.4 is 43.0 Å². The summed E-state index contributed by atoms with van der Waals surface area (Å²) in [7, 11) is 0. The number of carboxylic acids is 1. The Kier molecular flexibility index (Phi) is 29.3. The van der Waals surface area contributed by atoms with E-state index in [9.17, 15) is 53.1 Å². The second kappa shape index (κ2) is 32.6. The number of hydrogen-bond donors (Lipinski definition) is 9. The molecule has 10 atom stereocenters. The van der Waals surface area contributed by atoms with Crippen molar-refractivity contribution in [2.75, 3.05) is 0 Å². The van der Waals surface area contributed by atoms with Crippen LogP contribution in [-0.2, 0) is 52.7 Å². The average Bonchev–Trinajstić information content (AvgIpc) is 3.26. The molecule has 406 valence electrons. The van der Waals surface area contributed by atoms with Gasteiger partial charge in [-0.3, -0.25) is 43.2 Å². The van der Waals surface area contributed by atoms with Gasteiger partial charge in [-0.1, -0.05) is 122 Å². The molecule has 1 fully saturated rings. The number of nitrogens with one attached hydrogen (secondary N) is 7. The van der Waals surface area contributed by atoms with Crippen molar-refractivity contribution in [3.8, 4) is 0 Å². The molecule has 0 spiro atoms. The topological polar surface area (TPSA) is 310 Å². The lowest BCUT2D eigenvalue weighted by molar-refractivity contribution is -0.156. The molecule has 8 amide bonds. The molecule has 1 aliphatic heterocycles. The van der Waals surface area contributed by atoms with Gasteiger partial charge in [-0.2, -0.15) is 0 Å². The highest BCUT2D eigenvalue weighted by atomic mass is 16.5. The second-order valence-electron chi connectivity index (χ2n) is 21.2. The van der Waals surface area contributed by atoms with E-state index < -0.39 is 132 Å². The van der Waals surface area contributed by atoms with Crippen molar-refractivity contribution in [1.82, 2.24) is 37.2 Å². The molecule has 0 saturated carbocycles. The van der Waals surface area contributed by atoms with Gasteiger partial charge in [0, 0.05) is 6.42 Å². The van der Waals surface area contributed by atoms with E-state index in [1.54, 1.807) is 41.5 Å². The number of aliphatic carboxylic acids is 1. The van der Waals surface area contributed by atoms with Gasteiger partial charge in [0.15, 0.2) is 0 Å². The first-order valence-corrected chi connectivity index (χ1v) is 26.0. The monoisotopic (exact) mass is 1010 g/mol. The fraction of sp³-hybridized carbons (Fsp3) is 0.804. The van der Waals surface area contributed by atoms with Gasteiger partial charge < -0.3 is 52.8 Å². The van der Waals surface area contributed by atoms with Crippen molar-refractivity contribution < 1.29 is 57.8 Å². The van der Waals surface area contributed by atoms with E-state index >= 15 is 0 Å². The highest BCUT2D eigenvalue weighted by Crippen LogP contribution is 2.20. The number of carbonyl (C=O) groups excluding carboxylic acids is 9. The maximum atomic E-state index is 14.2. The van der Waals surface area contributed by atoms with E-state index in [0.717, 1.165) is 32.1 Å². The molecule has 10 N–H and O–H groups in total. The van der Waals surface area contributed by atoms with Crippen LogP contribution in [0.4, 0.5) is 0 Å². The van der Waals surface area contributed by atoms with Crippen LogP contribution in [0.5, 0.6) is 0 Å². The minimum atomic E-state index is -1.72. The summed E-state index contributed by atoms with van der Waals surface area (Å²) in [6, 6.07) is -9.49. The Hall–Kier alpha value is -5.30. The van der Waals surface area contributed by atoms with E-state index in [0.29, 0.717) is 18.8 Å². The molecule has 1 rings (SSSR count). The maximum Gasteiger partial charge on any atom is 0.329 e. The number of nitrogens with two attached hydrogens (primary N) is 1. The minimum Gasteiger partial charge on any atom is -0.481 e. The van der Waals surface area contributed by atoms with E-state index in [-0.39, 0.29) is 56.3 Å². The van der Waals surface area contributed by atoms with Gasteiger partial charge in [-0.15, -0.1) is 0 Å². The molecule has 0 radical (unpaired) electrons. The van der Waals surface area contributed by atoms with Crippen LogP contribution in [-0.4, -0.2) is 113 Å². The number of amides is 8. The van der Waals surface area contributed by atoms with Gasteiger partial charge in [0.25, 0.3) is 0 Å². The minimum absolute atomic E-state index is 0.0452. The lowest BCUT2D eigenvalue weighted by Gasteiger charge is -2.30. The van der Waals surface area contributed by atoms with Gasteiger partial charge in [0.1, 0.15) is 48.4 Å². The first-order chi connectivity index (χ1) is 33.2. The molecule has 0 bridgehead atoms. The lowest BCUT2D eigenvalue weighted by Crippen LogP contribution is -2.61. The molecule has 0 aromatic heterocycles. The summed E-state index contributed by atoms with van der Waals surface area (Å²) in [4.78, 5) is 137. The first-order valence-electron chi connectivity index (χ1n) is 26.0. The Balaban J connectivity index is 4.02. The summed E-state index contributed by atoms with van der Waals surface area (Å²) in [5.41, 5.74) is 5.48. The molecule has 71 heavy (non-hydrogen) atoms. The molecule has 10 unspecified atom stereocenters. The molecule has 20 nitrogen and oxygen atoms in total. The van der Waals surface area contributed by atoms with Crippen LogP contribution in [0, 0.1) is 35.5 Å². The fourth-order valence-corrected chi connectivity index (χ4v) is 8.16. The molecule has 0 aliphatic carbocycles. The van der Waals surface area contributed by atoms with Crippen molar-refractivity contribution in [3.05, 3.63) is 0 Å². The molecule has 0 aromatic rings. The van der Waals surface area contributed by atoms with Crippen molar-refractivity contribution in [1.29, 1.82) is 0 Å². The van der Waals surface area contributed by atoms with E-state index in [2.05, 4.69) is 51.1 Å². The molecule has 1 saturated heterocycles. The Morgan fingerprint density at radius 3 is 1.46 bits per heavy atom. The molecule has 0 aromatic carbocycles. The lowest BCUT2D eigenvalue weighted by atomic mass is 9.96. The highest BCUT2D eigenvalue weighted by Gasteiger charge is 2.38. The number of carboxylic acid groups (broad SMARTS) is 1. The molecule has 1 heterocycles. The zero-order chi connectivity index (χ0) is 54.1. The number of rotatable bonds is 22. The molecule has 1 aliphatic rings. The van der Waals surface area contributed by atoms with Gasteiger partial charge in [0.05, 0.1) is 12.8 Å². The zero-order valence-corrected chi connectivity index (χ0v) is 44.7. The summed E-state index contributed by atoms with van der Waals surface area (Å²) < 4.78 is 6.06. The van der Waals surface area contributed by atoms with E-state index in [4.69, 9.17) is 10.5 Å². The van der Waals surface area contributed by atoms with Crippen LogP contribution in [0.2, 0.25) is 0 Å². The van der Waals surface area contributed by atoms with Crippen molar-refractivity contribution >= 4 is 59.2 Å². The van der Waals surface area contributed by atoms with Gasteiger partial charge >= 0.3 is 11.9 Å². The van der Waals surface area contributed by atoms with Crippen molar-refractivity contribution in [2.24, 2.45) is 41.2 Å². The standard InChI is InChI=1S/C51H90N8O12/c1-13-32(11)19-17-15-16-18-20-34-26-41(61)53-35(21-22-40(52)60)45(64)54-36(23-28(3)4)46(65)55-37(24-29(5)6)48(67)58-43(31(9)10)50(69)57-39(27-42(62)63)47(66)56-38(25-30(7)8)49(68)59-44(33(12)14-2)51(70)71-34/h28-39,43-44H,13-27H2,1-12H3,(H2,52,60)(H,53,61)(H,54,64)(H,55,65)(H,56,66)(H,57,69)(H,58,67)(H,59,68)(H,62,63). The summed E-state index contributed by atoms with van der Waals surface area (Å²) in [6.45, 7) is 21.9. The largest absolute Gasteiger partial charge is 0.481 e. The Morgan fingerprint density at radius 1 is 0.563 bits per heavy atom. The second-order valence-corrected chi connectivity index (χ2v) is 21.2. The number of unbranched alkanes of at least 4 members (excludes halogenated alkanes) is 3. The predicted molar refractivity (Wildman–Crippen MR) is 269 cm³/mol. The summed E-state index contributed by atoms with van der Waals surface area (Å²) in [5, 5.41) is 28.4. The third kappa shape index (κ3) is 25.1. The molecule has 20 heteroatoms. The number of carbonyl (C=O) groups is 10. The van der Waals surface area contributed by atoms with E-state index in [1.807, 2.05) is 27.7 Å². The number of cyclic esters (lactones) is 1. The third-order valence-corrected chi connectivity index (χ3v) is 12.7. The van der Waals surface area contributed by atoms with Crippen LogP contribution in [0.3, 0.4) is 0 Å². The summed E-state index contributed by atoms with van der Waals surface area (Å²) in [6.07, 6.45) is 3.40. The fourth-order valence-electron chi connectivity index (χ4n) is 8.16. The van der Waals surface area contributed by atoms with Crippen LogP contribution >= 0.6 is 0 Å². The zero-order valence-electron chi connectivity index (χ0n) is 44.7. The summed E-state index contributed by atoms with van der Waals surface area (Å²) >= 11 is 0. The number of primary amides is 1. The van der Waals surface area contributed by atoms with Crippen LogP contribution in [0.1, 0.15) is 179 Å². The Morgan fingerprint density at radius 2 is 1.01 bits per heavy atom. The quantitative estimate of drug-likeness (QED) is 0.0555. The van der Waals surface area contributed by atoms with Gasteiger partial charge in [-0.05, 0) is 74.0 Å². The molecular formula is C51H90N8O12. The Labute approximate surface area is 422 Å². The Bertz CT molecular complexity index is 1770. The van der Waals surface area contributed by atoms with Gasteiger partial charge in [-0.25, -0.2) is 4.79 Å². The average molecular weight is 1010 g/mol. The number of hydrogen-bond acceptors (Lipinski definition) is 11. The van der Waals surface area contributed by atoms with E-state index in [1.165, 1.54) is 0 Å². The molecular weight excluding hydrogens is 917 g/mol. The highest BCUT2D eigenvalue weighted by molar-refractivity contribution is 5.98. The normalized spacial score (nSPS) is 25.1. The summed E-state index contributed by atoms with van der Waals surface area (Å²) in [5.74, 6) is -9.84. The predicted octanol–water partition coefficient (Wildman–Crippen LogP) is 3.66. The first kappa shape index (κ1) is 63.7. The van der Waals surface area contributed by atoms with Gasteiger partial charge in [0.2, 0.25) is 47.3 Å². The number of esters is 1. The van der Waals surface area contributed by atoms with Crippen molar-refractivity contribution in [2.45, 2.75) is 228 Å². The van der Waals surface area contributed by atoms with Crippen LogP contribution in [0.15, 0.2) is 0 Å². The smallest absolute Gasteiger partial charge is 0.329 e. The third-order valence-electron chi connectivity index (χ3n) is 12.7. The van der Waals surface area contributed by atoms with Crippen molar-refractivity contribution in [3.63, 3.8) is 0 Å². The maximum absolute atomic E-state index is 14.2.